The molecule has 0 aromatic heterocycles. The zero-order valence-corrected chi connectivity index (χ0v) is 75.3. The third kappa shape index (κ3) is 19.7. The van der Waals surface area contributed by atoms with Crippen molar-refractivity contribution in [3.8, 4) is 85.1 Å². The topological polar surface area (TPSA) is 582 Å². The molecule has 43 heteroatoms. The molecule has 0 spiro atoms. The Labute approximate surface area is 786 Å². The summed E-state index contributed by atoms with van der Waals surface area (Å²) in [5.74, 6) is -5.17. The molecule has 9 aliphatic heterocycles. The Kier molecular flexibility index (Phi) is 28.9. The quantitative estimate of drug-likeness (QED) is 0.0255. The Morgan fingerprint density at radius 2 is 0.583 bits per heavy atom. The van der Waals surface area contributed by atoms with E-state index in [4.69, 9.17) is 109 Å². The van der Waals surface area contributed by atoms with Gasteiger partial charge < -0.3 is 155 Å². The van der Waals surface area contributed by atoms with E-state index in [-0.39, 0.29) is 105 Å². The highest BCUT2D eigenvalue weighted by atomic mass is 16.8. The first-order valence-electron chi connectivity index (χ1n) is 43.3. The van der Waals surface area contributed by atoms with Gasteiger partial charge in [-0.25, -0.2) is 14.4 Å². The summed E-state index contributed by atoms with van der Waals surface area (Å²) >= 11 is 0. The predicted octanol–water partition coefficient (Wildman–Crippen LogP) is 5.41. The van der Waals surface area contributed by atoms with E-state index in [0.29, 0.717) is 139 Å². The lowest BCUT2D eigenvalue weighted by atomic mass is 9.87. The van der Waals surface area contributed by atoms with Crippen molar-refractivity contribution in [2.75, 3.05) is 40.2 Å². The number of cyclic esters (lactones) is 3. The van der Waals surface area contributed by atoms with Crippen LogP contribution in [0.5, 0.6) is 51.7 Å². The molecule has 43 nitrogen and oxygen atoms in total. The zero-order valence-electron chi connectivity index (χ0n) is 75.3. The van der Waals surface area contributed by atoms with Crippen LogP contribution in [-0.2, 0) is 164 Å². The standard InChI is InChI=1S/2C35H34O16.C26H24O11/c2*1-15(38)43-13-27-31(47-16(2)39)32(48-17(3)40)33(49-18(4)41)35(50-27)51-30-23-8-21(11-37)20(10-36)7-22(23)28(29-24(30)12-44-34(29)42)19-5-6-25-26(9-19)46-14-45-25;27-6-12-3-14-15(4-13(12)7-28)24(37-26-23(31)22(30)17(29)9-34-26)16-8-33-25(32)21(16)20(14)11-1-2-18-19(5-11)36-10-35-18/h2*5-9,27,31-33,35-37H,10-14H2,1-4H3;1-5,17,22-23,26-31H,6-10H2/t27-,31+,32+,33-,35?;27-,31-,32+,33-,35?;17-,22+,23-,26?/m111/s1. The minimum absolute atomic E-state index is 0.00966. The van der Waals surface area contributed by atoms with Crippen molar-refractivity contribution < 1.29 is 208 Å². The predicted molar refractivity (Wildman–Crippen MR) is 463 cm³/mol. The molecule has 3 saturated heterocycles. The van der Waals surface area contributed by atoms with E-state index in [0.717, 1.165) is 55.4 Å². The molecule has 734 valence electrons. The fraction of sp³-hybridized carbons (Fsp3) is 0.385. The number of fused-ring (bicyclic) bond motifs is 9. The second-order valence-electron chi connectivity index (χ2n) is 32.8. The Morgan fingerprint density at radius 3 is 0.871 bits per heavy atom. The number of aliphatic hydroxyl groups is 9. The second-order valence-corrected chi connectivity index (χ2v) is 32.8. The fourth-order valence-corrected chi connectivity index (χ4v) is 17.8. The van der Waals surface area contributed by atoms with E-state index in [2.05, 4.69) is 0 Å². The lowest BCUT2D eigenvalue weighted by Crippen LogP contribution is -2.63. The van der Waals surface area contributed by atoms with Crippen LogP contribution >= 0.6 is 0 Å². The normalized spacial score (nSPS) is 22.4. The summed E-state index contributed by atoms with van der Waals surface area (Å²) in [5.41, 5.74) is 6.67. The Bertz CT molecular complexity index is 6160. The molecule has 14 atom stereocenters. The van der Waals surface area contributed by atoms with E-state index in [9.17, 15) is 98.7 Å². The number of carbonyl (C=O) groups is 11. The summed E-state index contributed by atoms with van der Waals surface area (Å²) in [6.07, 6.45) is -20.7. The smallest absolute Gasteiger partial charge is 0.339 e. The third-order valence-corrected chi connectivity index (χ3v) is 23.8. The lowest BCUT2D eigenvalue weighted by Gasteiger charge is -2.44. The molecule has 0 bridgehead atoms. The molecule has 18 rings (SSSR count). The molecule has 9 aromatic carbocycles. The van der Waals surface area contributed by atoms with Crippen molar-refractivity contribution in [2.24, 2.45) is 0 Å². The number of ether oxygens (including phenoxy) is 23. The van der Waals surface area contributed by atoms with Crippen LogP contribution in [0.1, 0.15) is 137 Å². The third-order valence-electron chi connectivity index (χ3n) is 23.8. The summed E-state index contributed by atoms with van der Waals surface area (Å²) in [6, 6.07) is 25.1. The van der Waals surface area contributed by atoms with Crippen LogP contribution in [0.15, 0.2) is 91.0 Å². The maximum Gasteiger partial charge on any atom is 0.339 e. The van der Waals surface area contributed by atoms with Gasteiger partial charge in [0.25, 0.3) is 0 Å². The van der Waals surface area contributed by atoms with Gasteiger partial charge in [-0.2, -0.15) is 0 Å². The van der Waals surface area contributed by atoms with Gasteiger partial charge in [-0.1, -0.05) is 18.2 Å². The first-order chi connectivity index (χ1) is 66.7. The highest BCUT2D eigenvalue weighted by molar-refractivity contribution is 6.16. The SMILES string of the molecule is CC(=O)OC[C@H]1OC(Oc2c3c(c(-c4ccc5c(c4)OCO5)c4cc(CO)c(CO)cc24)C(=O)OC3)[C@H](OC(C)=O)[C@@H](OC(C)=O)[C@@H]1OC(C)=O.CC(=O)OC[C@H]1OC(Oc2c3c(c(-c4ccc5c(c4)OCO5)c4cc(CO)c(CO)cc24)C(=O)OC3)[C@H](OC(C)=O)[C@@H](OC(C)=O)[C@H]1OC(C)=O.O=C1OCc2c1c(-c1ccc3c(c1)OCO3)c1cc(CO)c(CO)cc1c2OC1OC[C@@H](O)[C@H](O)[C@H]1O. The summed E-state index contributed by atoms with van der Waals surface area (Å²) in [4.78, 5) is 138. The summed E-state index contributed by atoms with van der Waals surface area (Å²) in [6.45, 7) is 4.47. The van der Waals surface area contributed by atoms with Crippen LogP contribution in [0.4, 0.5) is 0 Å². The Morgan fingerprint density at radius 1 is 0.309 bits per heavy atom. The molecule has 9 aliphatic rings. The molecule has 0 radical (unpaired) electrons. The molecule has 3 fully saturated rings. The maximum absolute atomic E-state index is 13.5. The number of rotatable bonds is 25. The van der Waals surface area contributed by atoms with E-state index < -0.39 is 191 Å². The maximum atomic E-state index is 13.5. The number of benzene rings is 9. The van der Waals surface area contributed by atoms with Crippen molar-refractivity contribution in [3.05, 3.63) is 158 Å². The number of esters is 11. The van der Waals surface area contributed by atoms with Gasteiger partial charge in [0.1, 0.15) is 80.8 Å². The highest BCUT2D eigenvalue weighted by Crippen LogP contribution is 2.54. The van der Waals surface area contributed by atoms with Crippen LogP contribution < -0.4 is 42.6 Å². The molecule has 9 N–H and O–H groups in total. The van der Waals surface area contributed by atoms with Gasteiger partial charge in [0.05, 0.1) is 62.9 Å². The zero-order chi connectivity index (χ0) is 99.0. The van der Waals surface area contributed by atoms with Crippen molar-refractivity contribution in [1.29, 1.82) is 0 Å². The largest absolute Gasteiger partial charge is 0.463 e. The highest BCUT2D eigenvalue weighted by Gasteiger charge is 2.57. The van der Waals surface area contributed by atoms with Crippen LogP contribution in [0.3, 0.4) is 0 Å². The number of carbonyl (C=O) groups excluding carboxylic acids is 11. The molecular weight excluding hydrogens is 1840 g/mol. The van der Waals surface area contributed by atoms with E-state index in [1.807, 2.05) is 0 Å². The molecule has 0 saturated carbocycles. The second kappa shape index (κ2) is 41.1. The van der Waals surface area contributed by atoms with E-state index >= 15 is 0 Å². The summed E-state index contributed by atoms with van der Waals surface area (Å²) < 4.78 is 130. The summed E-state index contributed by atoms with van der Waals surface area (Å²) in [5, 5.41) is 93.9. The average Bonchev–Trinajstić information content (AvgIpc) is 1.63. The summed E-state index contributed by atoms with van der Waals surface area (Å²) in [7, 11) is 0. The monoisotopic (exact) mass is 1930 g/mol. The molecule has 0 amide bonds. The van der Waals surface area contributed by atoms with Gasteiger partial charge in [0, 0.05) is 105 Å². The lowest BCUT2D eigenvalue weighted by molar-refractivity contribution is -0.288. The van der Waals surface area contributed by atoms with Crippen molar-refractivity contribution in [2.45, 2.75) is 201 Å². The first-order valence-corrected chi connectivity index (χ1v) is 43.3. The molecule has 139 heavy (non-hydrogen) atoms. The molecule has 0 aliphatic carbocycles. The Balaban J connectivity index is 0.000000153. The van der Waals surface area contributed by atoms with E-state index in [1.165, 1.54) is 0 Å². The molecular formula is C96H92O43. The van der Waals surface area contributed by atoms with Gasteiger partial charge in [0.2, 0.25) is 51.5 Å². The average molecular weight is 1930 g/mol. The van der Waals surface area contributed by atoms with Crippen LogP contribution in [0, 0.1) is 0 Å². The first kappa shape index (κ1) is 97.7. The Hall–Kier alpha value is -14.4. The number of hydrogen-bond acceptors (Lipinski definition) is 43. The van der Waals surface area contributed by atoms with Gasteiger partial charge in [-0.15, -0.1) is 0 Å². The number of hydrogen-bond donors (Lipinski definition) is 9. The van der Waals surface area contributed by atoms with Gasteiger partial charge >= 0.3 is 65.7 Å². The van der Waals surface area contributed by atoms with Crippen LogP contribution in [0.2, 0.25) is 0 Å². The fourth-order valence-electron chi connectivity index (χ4n) is 17.8. The van der Waals surface area contributed by atoms with Crippen LogP contribution in [0.25, 0.3) is 65.7 Å². The van der Waals surface area contributed by atoms with Crippen molar-refractivity contribution in [3.63, 3.8) is 0 Å². The van der Waals surface area contributed by atoms with Crippen molar-refractivity contribution in [1.82, 2.24) is 0 Å². The minimum atomic E-state index is -1.64. The van der Waals surface area contributed by atoms with E-state index in [1.54, 1.807) is 91.0 Å². The van der Waals surface area contributed by atoms with Crippen molar-refractivity contribution >= 4 is 98.0 Å². The molecule has 3 unspecified atom stereocenters. The van der Waals surface area contributed by atoms with Gasteiger partial charge in [0.15, 0.2) is 58.9 Å². The molecule has 9 heterocycles. The minimum Gasteiger partial charge on any atom is -0.463 e. The van der Waals surface area contributed by atoms with Gasteiger partial charge in [-0.3, -0.25) is 38.4 Å². The number of aliphatic hydroxyl groups excluding tert-OH is 9. The molecule has 9 aromatic rings. The van der Waals surface area contributed by atoms with Gasteiger partial charge in [-0.05, 0) is 139 Å². The van der Waals surface area contributed by atoms with Crippen LogP contribution in [-0.4, -0.2) is 238 Å².